The molecule has 0 amide bonds. The highest BCUT2D eigenvalue weighted by molar-refractivity contribution is 5.94. The van der Waals surface area contributed by atoms with Crippen molar-refractivity contribution >= 4 is 11.8 Å². The zero-order valence-corrected chi connectivity index (χ0v) is 10.2. The lowest BCUT2D eigenvalue weighted by Gasteiger charge is -2.16. The Morgan fingerprint density at radius 1 is 1.56 bits per heavy atom. The molecule has 1 aromatic rings. The maximum atomic E-state index is 11.1. The molecule has 0 aliphatic heterocycles. The summed E-state index contributed by atoms with van der Waals surface area (Å²) >= 11 is 0. The Bertz CT molecular complexity index is 402. The third kappa shape index (κ3) is 2.72. The molecule has 0 saturated carbocycles. The first kappa shape index (κ1) is 12.5. The maximum absolute atomic E-state index is 11.1. The summed E-state index contributed by atoms with van der Waals surface area (Å²) in [7, 11) is 0. The predicted molar refractivity (Wildman–Crippen MR) is 64.0 cm³/mol. The fraction of sp³-hybridized carbons (Fsp3) is 0.500. The minimum absolute atomic E-state index is 0.215. The van der Waals surface area contributed by atoms with Gasteiger partial charge in [0.25, 0.3) is 0 Å². The molecule has 1 heterocycles. The van der Waals surface area contributed by atoms with Crippen molar-refractivity contribution in [2.75, 3.05) is 5.32 Å². The van der Waals surface area contributed by atoms with Gasteiger partial charge < -0.3 is 10.4 Å². The van der Waals surface area contributed by atoms with E-state index in [9.17, 15) is 4.79 Å². The van der Waals surface area contributed by atoms with Gasteiger partial charge in [-0.25, -0.2) is 9.78 Å². The van der Waals surface area contributed by atoms with Gasteiger partial charge in [0.05, 0.1) is 0 Å². The van der Waals surface area contributed by atoms with Crippen LogP contribution in [0.1, 0.15) is 41.9 Å². The summed E-state index contributed by atoms with van der Waals surface area (Å²) in [6.45, 7) is 7.70. The van der Waals surface area contributed by atoms with Crippen LogP contribution >= 0.6 is 0 Å². The lowest BCUT2D eigenvalue weighted by atomic mass is 10.1. The molecule has 1 rings (SSSR count). The fourth-order valence-corrected chi connectivity index (χ4v) is 1.55. The van der Waals surface area contributed by atoms with Gasteiger partial charge >= 0.3 is 5.97 Å². The third-order valence-corrected chi connectivity index (χ3v) is 2.55. The molecular formula is C12H18N2O2. The van der Waals surface area contributed by atoms with Gasteiger partial charge in [-0.1, -0.05) is 6.92 Å². The molecule has 1 aromatic heterocycles. The van der Waals surface area contributed by atoms with E-state index in [1.54, 1.807) is 13.0 Å². The van der Waals surface area contributed by atoms with E-state index in [1.165, 1.54) is 0 Å². The van der Waals surface area contributed by atoms with Gasteiger partial charge in [-0.05, 0) is 38.8 Å². The summed E-state index contributed by atoms with van der Waals surface area (Å²) in [6, 6.07) is 2.00. The number of pyridine rings is 1. The van der Waals surface area contributed by atoms with Crippen molar-refractivity contribution < 1.29 is 9.90 Å². The van der Waals surface area contributed by atoms with Gasteiger partial charge in [0.1, 0.15) is 11.4 Å². The van der Waals surface area contributed by atoms with Crippen molar-refractivity contribution in [2.45, 2.75) is 40.2 Å². The van der Waals surface area contributed by atoms with Crippen molar-refractivity contribution in [2.24, 2.45) is 0 Å². The van der Waals surface area contributed by atoms with Gasteiger partial charge in [-0.15, -0.1) is 0 Å². The highest BCUT2D eigenvalue weighted by Gasteiger charge is 2.16. The molecule has 0 aromatic carbocycles. The number of aryl methyl sites for hydroxylation is 2. The highest BCUT2D eigenvalue weighted by Crippen LogP contribution is 2.19. The van der Waals surface area contributed by atoms with Gasteiger partial charge in [-0.3, -0.25) is 0 Å². The number of hydrogen-bond acceptors (Lipinski definition) is 3. The minimum Gasteiger partial charge on any atom is -0.478 e. The first-order valence-corrected chi connectivity index (χ1v) is 5.43. The number of nitrogens with one attached hydrogen (secondary N) is 1. The number of carboxylic acids is 1. The summed E-state index contributed by atoms with van der Waals surface area (Å²) in [5.41, 5.74) is 1.84. The quantitative estimate of drug-likeness (QED) is 0.822. The largest absolute Gasteiger partial charge is 0.478 e. The van der Waals surface area contributed by atoms with Crippen LogP contribution in [0.25, 0.3) is 0 Å². The number of carbonyl (C=O) groups is 1. The van der Waals surface area contributed by atoms with E-state index in [2.05, 4.69) is 10.3 Å². The van der Waals surface area contributed by atoms with Crippen LogP contribution in [0, 0.1) is 13.8 Å². The van der Waals surface area contributed by atoms with Crippen LogP contribution in [-0.2, 0) is 0 Å². The number of anilines is 1. The third-order valence-electron chi connectivity index (χ3n) is 2.55. The molecule has 0 spiro atoms. The van der Waals surface area contributed by atoms with E-state index in [1.807, 2.05) is 20.8 Å². The Kier molecular flexibility index (Phi) is 3.88. The van der Waals surface area contributed by atoms with Crippen molar-refractivity contribution in [1.29, 1.82) is 0 Å². The number of nitrogens with zero attached hydrogens (tertiary/aromatic N) is 1. The van der Waals surface area contributed by atoms with Crippen LogP contribution < -0.4 is 5.32 Å². The molecule has 1 unspecified atom stereocenters. The second kappa shape index (κ2) is 4.96. The second-order valence-corrected chi connectivity index (χ2v) is 4.06. The smallest absolute Gasteiger partial charge is 0.339 e. The molecule has 0 fully saturated rings. The minimum atomic E-state index is -0.934. The molecule has 0 radical (unpaired) electrons. The van der Waals surface area contributed by atoms with Crippen molar-refractivity contribution in [3.05, 3.63) is 22.9 Å². The molecule has 0 saturated heterocycles. The van der Waals surface area contributed by atoms with Crippen molar-refractivity contribution in [3.63, 3.8) is 0 Å². The average molecular weight is 222 g/mol. The Hall–Kier alpha value is -1.58. The van der Waals surface area contributed by atoms with Crippen LogP contribution in [0.15, 0.2) is 6.07 Å². The molecule has 88 valence electrons. The van der Waals surface area contributed by atoms with Gasteiger partial charge in [0, 0.05) is 11.7 Å². The van der Waals surface area contributed by atoms with Crippen LogP contribution in [0.3, 0.4) is 0 Å². The summed E-state index contributed by atoms with van der Waals surface area (Å²) in [5.74, 6) is -0.463. The molecular weight excluding hydrogens is 204 g/mol. The monoisotopic (exact) mass is 222 g/mol. The maximum Gasteiger partial charge on any atom is 0.339 e. The van der Waals surface area contributed by atoms with Gasteiger partial charge in [0.2, 0.25) is 0 Å². The fourth-order valence-electron chi connectivity index (χ4n) is 1.55. The zero-order chi connectivity index (χ0) is 12.3. The molecule has 16 heavy (non-hydrogen) atoms. The Balaban J connectivity index is 3.19. The average Bonchev–Trinajstić information content (AvgIpc) is 2.15. The van der Waals surface area contributed by atoms with E-state index in [4.69, 9.17) is 5.11 Å². The summed E-state index contributed by atoms with van der Waals surface area (Å²) in [5, 5.41) is 12.3. The standard InChI is InChI=1S/C12H18N2O2/c1-5-8(3)13-11-10(12(15)16)7(2)6-9(4)14-11/h6,8H,5H2,1-4H3,(H,13,14)(H,15,16). The molecule has 4 heteroatoms. The van der Waals surface area contributed by atoms with Crippen LogP contribution in [0.5, 0.6) is 0 Å². The first-order chi connectivity index (χ1) is 7.45. The lowest BCUT2D eigenvalue weighted by molar-refractivity contribution is 0.0697. The van der Waals surface area contributed by atoms with Crippen molar-refractivity contribution in [3.8, 4) is 0 Å². The molecule has 0 bridgehead atoms. The van der Waals surface area contributed by atoms with E-state index < -0.39 is 5.97 Å². The molecule has 0 aliphatic carbocycles. The molecule has 1 atom stereocenters. The van der Waals surface area contributed by atoms with E-state index >= 15 is 0 Å². The molecule has 2 N–H and O–H groups in total. The summed E-state index contributed by atoms with van der Waals surface area (Å²) in [4.78, 5) is 15.4. The van der Waals surface area contributed by atoms with E-state index in [0.717, 1.165) is 17.7 Å². The number of rotatable bonds is 4. The van der Waals surface area contributed by atoms with Crippen molar-refractivity contribution in [1.82, 2.24) is 4.98 Å². The van der Waals surface area contributed by atoms with Crippen LogP contribution in [0.4, 0.5) is 5.82 Å². The molecule has 0 aliphatic rings. The number of carboxylic acid groups (broad SMARTS) is 1. The molecule has 4 nitrogen and oxygen atoms in total. The summed E-state index contributed by atoms with van der Waals surface area (Å²) in [6.07, 6.45) is 0.924. The number of hydrogen-bond donors (Lipinski definition) is 2. The van der Waals surface area contributed by atoms with Gasteiger partial charge in [0.15, 0.2) is 0 Å². The lowest BCUT2D eigenvalue weighted by Crippen LogP contribution is -2.18. The number of aromatic nitrogens is 1. The zero-order valence-electron chi connectivity index (χ0n) is 10.2. The Morgan fingerprint density at radius 3 is 2.69 bits per heavy atom. The summed E-state index contributed by atoms with van der Waals surface area (Å²) < 4.78 is 0. The van der Waals surface area contributed by atoms with E-state index in [0.29, 0.717) is 5.82 Å². The second-order valence-electron chi connectivity index (χ2n) is 4.06. The predicted octanol–water partition coefficient (Wildman–Crippen LogP) is 2.61. The van der Waals surface area contributed by atoms with Crippen LogP contribution in [0.2, 0.25) is 0 Å². The Morgan fingerprint density at radius 2 is 2.19 bits per heavy atom. The van der Waals surface area contributed by atoms with Gasteiger partial charge in [-0.2, -0.15) is 0 Å². The SMILES string of the molecule is CCC(C)Nc1nc(C)cc(C)c1C(=O)O. The first-order valence-electron chi connectivity index (χ1n) is 5.43. The normalized spacial score (nSPS) is 12.2. The highest BCUT2D eigenvalue weighted by atomic mass is 16.4. The van der Waals surface area contributed by atoms with Crippen LogP contribution in [-0.4, -0.2) is 22.1 Å². The number of aromatic carboxylic acids is 1. The Labute approximate surface area is 95.7 Å². The topological polar surface area (TPSA) is 62.2 Å². The van der Waals surface area contributed by atoms with E-state index in [-0.39, 0.29) is 11.6 Å².